The number of aliphatic hydroxyl groups is 1. The molecule has 0 saturated heterocycles. The maximum atomic E-state index is 11.0. The minimum Gasteiger partial charge on any atom is -0.467 e. The normalized spacial score (nSPS) is 11.9. The predicted molar refractivity (Wildman–Crippen MR) is 49.6 cm³/mol. The number of rotatable bonds is 6. The Kier molecular flexibility index (Phi) is 6.69. The first-order valence-electron chi connectivity index (χ1n) is 4.29. The predicted octanol–water partition coefficient (Wildman–Crippen LogP) is -1.75. The Morgan fingerprint density at radius 2 is 2.14 bits per heavy atom. The molecule has 1 amide bonds. The molecule has 0 aliphatic heterocycles. The van der Waals surface area contributed by atoms with E-state index >= 15 is 0 Å². The Labute approximate surface area is 82.6 Å². The van der Waals surface area contributed by atoms with Crippen molar-refractivity contribution in [2.75, 3.05) is 27.2 Å². The van der Waals surface area contributed by atoms with Crippen molar-refractivity contribution < 1.29 is 19.4 Å². The van der Waals surface area contributed by atoms with E-state index in [1.807, 2.05) is 0 Å². The number of amides is 1. The second-order valence-corrected chi connectivity index (χ2v) is 2.70. The number of esters is 1. The van der Waals surface area contributed by atoms with Gasteiger partial charge < -0.3 is 20.5 Å². The molecule has 0 saturated carbocycles. The van der Waals surface area contributed by atoms with Crippen LogP contribution < -0.4 is 10.6 Å². The fourth-order valence-corrected chi connectivity index (χ4v) is 0.757. The molecular weight excluding hydrogens is 188 g/mol. The van der Waals surface area contributed by atoms with Gasteiger partial charge in [0.1, 0.15) is 0 Å². The van der Waals surface area contributed by atoms with E-state index in [-0.39, 0.29) is 12.5 Å². The molecule has 82 valence electrons. The topological polar surface area (TPSA) is 87.7 Å². The van der Waals surface area contributed by atoms with E-state index in [1.165, 1.54) is 7.11 Å². The number of methoxy groups -OCH3 is 1. The second kappa shape index (κ2) is 7.28. The third-order valence-electron chi connectivity index (χ3n) is 1.57. The van der Waals surface area contributed by atoms with Crippen molar-refractivity contribution in [1.82, 2.24) is 10.6 Å². The van der Waals surface area contributed by atoms with Gasteiger partial charge in [-0.1, -0.05) is 0 Å². The molecule has 0 aliphatic carbocycles. The van der Waals surface area contributed by atoms with Crippen LogP contribution in [0.3, 0.4) is 0 Å². The van der Waals surface area contributed by atoms with Crippen LogP contribution in [0.25, 0.3) is 0 Å². The monoisotopic (exact) mass is 204 g/mol. The zero-order valence-corrected chi connectivity index (χ0v) is 8.37. The van der Waals surface area contributed by atoms with Gasteiger partial charge in [-0.3, -0.25) is 4.79 Å². The molecule has 6 heteroatoms. The second-order valence-electron chi connectivity index (χ2n) is 2.70. The highest BCUT2D eigenvalue weighted by Gasteiger charge is 2.15. The lowest BCUT2D eigenvalue weighted by atomic mass is 10.3. The van der Waals surface area contributed by atoms with Gasteiger partial charge in [-0.05, 0) is 7.05 Å². The molecule has 6 nitrogen and oxygen atoms in total. The van der Waals surface area contributed by atoms with Gasteiger partial charge in [0.25, 0.3) is 0 Å². The van der Waals surface area contributed by atoms with Crippen LogP contribution in [0.4, 0.5) is 0 Å². The third kappa shape index (κ3) is 5.50. The van der Waals surface area contributed by atoms with Gasteiger partial charge in [0.05, 0.1) is 13.7 Å². The fourth-order valence-electron chi connectivity index (χ4n) is 0.757. The lowest BCUT2D eigenvalue weighted by Crippen LogP contribution is -2.37. The molecule has 0 fully saturated rings. The highest BCUT2D eigenvalue weighted by atomic mass is 16.5. The molecule has 14 heavy (non-hydrogen) atoms. The third-order valence-corrected chi connectivity index (χ3v) is 1.57. The van der Waals surface area contributed by atoms with E-state index in [9.17, 15) is 9.59 Å². The molecule has 0 aliphatic rings. The fraction of sp³-hybridized carbons (Fsp3) is 0.750. The van der Waals surface area contributed by atoms with Crippen LogP contribution in [0.2, 0.25) is 0 Å². The minimum atomic E-state index is -1.29. The number of ether oxygens (including phenoxy) is 1. The zero-order chi connectivity index (χ0) is 11.0. The molecule has 0 spiro atoms. The van der Waals surface area contributed by atoms with E-state index < -0.39 is 12.1 Å². The summed E-state index contributed by atoms with van der Waals surface area (Å²) in [5.41, 5.74) is 0. The van der Waals surface area contributed by atoms with E-state index in [1.54, 1.807) is 7.05 Å². The van der Waals surface area contributed by atoms with Crippen molar-refractivity contribution in [2.24, 2.45) is 0 Å². The van der Waals surface area contributed by atoms with Crippen LogP contribution in [0.1, 0.15) is 6.42 Å². The largest absolute Gasteiger partial charge is 0.467 e. The molecular formula is C8H16N2O4. The van der Waals surface area contributed by atoms with Crippen molar-refractivity contribution >= 4 is 11.9 Å². The molecule has 0 aromatic carbocycles. The van der Waals surface area contributed by atoms with Gasteiger partial charge in [-0.15, -0.1) is 0 Å². The van der Waals surface area contributed by atoms with Crippen molar-refractivity contribution in [3.8, 4) is 0 Å². The Morgan fingerprint density at radius 1 is 1.50 bits per heavy atom. The molecule has 3 N–H and O–H groups in total. The van der Waals surface area contributed by atoms with Gasteiger partial charge in [-0.25, -0.2) is 4.79 Å². The first kappa shape index (κ1) is 12.9. The number of hydrogen-bond donors (Lipinski definition) is 3. The minimum absolute atomic E-state index is 0.116. The maximum absolute atomic E-state index is 11.0. The highest BCUT2D eigenvalue weighted by molar-refractivity contribution is 5.78. The molecule has 0 aromatic heterocycles. The Hall–Kier alpha value is -1.14. The van der Waals surface area contributed by atoms with Crippen molar-refractivity contribution in [1.29, 1.82) is 0 Å². The van der Waals surface area contributed by atoms with Gasteiger partial charge in [0.2, 0.25) is 5.91 Å². The SMILES string of the molecule is CNCCC(=O)NCC(O)C(=O)OC. The van der Waals surface area contributed by atoms with Gasteiger partial charge in [0, 0.05) is 13.0 Å². The molecule has 0 rings (SSSR count). The number of carbonyl (C=O) groups excluding carboxylic acids is 2. The molecule has 0 aromatic rings. The molecule has 0 heterocycles. The standard InChI is InChI=1S/C8H16N2O4/c1-9-4-3-7(12)10-5-6(11)8(13)14-2/h6,9,11H,3-5H2,1-2H3,(H,10,12). The average molecular weight is 204 g/mol. The van der Waals surface area contributed by atoms with Crippen molar-refractivity contribution in [3.05, 3.63) is 0 Å². The summed E-state index contributed by atoms with van der Waals surface area (Å²) in [4.78, 5) is 21.7. The molecule has 0 bridgehead atoms. The van der Waals surface area contributed by atoms with Crippen molar-refractivity contribution in [2.45, 2.75) is 12.5 Å². The van der Waals surface area contributed by atoms with Crippen LogP contribution in [0, 0.1) is 0 Å². The summed E-state index contributed by atoms with van der Waals surface area (Å²) in [6.07, 6.45) is -0.983. The summed E-state index contributed by atoms with van der Waals surface area (Å²) in [6.45, 7) is 0.440. The summed E-state index contributed by atoms with van der Waals surface area (Å²) in [6, 6.07) is 0. The summed E-state index contributed by atoms with van der Waals surface area (Å²) >= 11 is 0. The average Bonchev–Trinajstić information content (AvgIpc) is 2.21. The Balaban J connectivity index is 3.60. The number of aliphatic hydroxyl groups excluding tert-OH is 1. The van der Waals surface area contributed by atoms with Crippen LogP contribution in [0.15, 0.2) is 0 Å². The first-order chi connectivity index (χ1) is 6.61. The lowest BCUT2D eigenvalue weighted by Gasteiger charge is -2.09. The van der Waals surface area contributed by atoms with E-state index in [2.05, 4.69) is 15.4 Å². The van der Waals surface area contributed by atoms with Crippen LogP contribution in [-0.2, 0) is 14.3 Å². The molecule has 0 radical (unpaired) electrons. The van der Waals surface area contributed by atoms with E-state index in [0.29, 0.717) is 13.0 Å². The van der Waals surface area contributed by atoms with E-state index in [4.69, 9.17) is 5.11 Å². The van der Waals surface area contributed by atoms with Crippen LogP contribution in [-0.4, -0.2) is 50.3 Å². The summed E-state index contributed by atoms with van der Waals surface area (Å²) in [5, 5.41) is 14.3. The maximum Gasteiger partial charge on any atom is 0.336 e. The van der Waals surface area contributed by atoms with Crippen LogP contribution >= 0.6 is 0 Å². The first-order valence-corrected chi connectivity index (χ1v) is 4.29. The van der Waals surface area contributed by atoms with Crippen molar-refractivity contribution in [3.63, 3.8) is 0 Å². The number of carbonyl (C=O) groups is 2. The number of nitrogens with one attached hydrogen (secondary N) is 2. The van der Waals surface area contributed by atoms with Gasteiger partial charge in [0.15, 0.2) is 6.10 Å². The van der Waals surface area contributed by atoms with Gasteiger partial charge >= 0.3 is 5.97 Å². The molecule has 1 unspecified atom stereocenters. The Bertz CT molecular complexity index is 196. The lowest BCUT2D eigenvalue weighted by molar-refractivity contribution is -0.150. The van der Waals surface area contributed by atoms with E-state index in [0.717, 1.165) is 0 Å². The van der Waals surface area contributed by atoms with Crippen LogP contribution in [0.5, 0.6) is 0 Å². The number of hydrogen-bond acceptors (Lipinski definition) is 5. The highest BCUT2D eigenvalue weighted by Crippen LogP contribution is 1.85. The summed E-state index contributed by atoms with van der Waals surface area (Å²) in [5.74, 6) is -0.971. The summed E-state index contributed by atoms with van der Waals surface area (Å²) in [7, 11) is 2.91. The smallest absolute Gasteiger partial charge is 0.336 e. The quantitative estimate of drug-likeness (QED) is 0.446. The molecule has 1 atom stereocenters. The zero-order valence-electron chi connectivity index (χ0n) is 8.37. The Morgan fingerprint density at radius 3 is 2.64 bits per heavy atom. The summed E-state index contributed by atoms with van der Waals surface area (Å²) < 4.78 is 4.27. The van der Waals surface area contributed by atoms with Gasteiger partial charge in [-0.2, -0.15) is 0 Å².